The van der Waals surface area contributed by atoms with E-state index in [4.69, 9.17) is 23.2 Å². The lowest BCUT2D eigenvalue weighted by Crippen LogP contribution is -2.54. The molecule has 7 nitrogen and oxygen atoms in total. The Labute approximate surface area is 184 Å². The number of halogens is 2. The van der Waals surface area contributed by atoms with Crippen molar-refractivity contribution >= 4 is 57.3 Å². The quantitative estimate of drug-likeness (QED) is 0.731. The van der Waals surface area contributed by atoms with Crippen molar-refractivity contribution in [3.63, 3.8) is 0 Å². The number of nitrogens with one attached hydrogen (secondary N) is 2. The van der Waals surface area contributed by atoms with Gasteiger partial charge in [0.05, 0.1) is 15.7 Å². The Kier molecular flexibility index (Phi) is 6.87. The van der Waals surface area contributed by atoms with Gasteiger partial charge in [0.2, 0.25) is 5.91 Å². The summed E-state index contributed by atoms with van der Waals surface area (Å²) in [6.45, 7) is 7.94. The molecule has 156 valence electrons. The highest BCUT2D eigenvalue weighted by Crippen LogP contribution is 2.27. The summed E-state index contributed by atoms with van der Waals surface area (Å²) in [6, 6.07) is 4.59. The third-order valence-electron chi connectivity index (χ3n) is 4.83. The summed E-state index contributed by atoms with van der Waals surface area (Å²) in [5, 5.41) is 7.08. The van der Waals surface area contributed by atoms with Crippen molar-refractivity contribution < 1.29 is 9.59 Å². The van der Waals surface area contributed by atoms with Crippen LogP contribution in [0, 0.1) is 13.8 Å². The Morgan fingerprint density at radius 2 is 1.83 bits per heavy atom. The predicted molar refractivity (Wildman–Crippen MR) is 118 cm³/mol. The number of anilines is 2. The predicted octanol–water partition coefficient (Wildman–Crippen LogP) is 3.93. The average molecular weight is 456 g/mol. The van der Waals surface area contributed by atoms with Crippen molar-refractivity contribution in [2.24, 2.45) is 0 Å². The molecule has 1 atom stereocenters. The number of hydrogen-bond acceptors (Lipinski definition) is 5. The summed E-state index contributed by atoms with van der Waals surface area (Å²) >= 11 is 13.5. The van der Waals surface area contributed by atoms with Crippen LogP contribution in [0.3, 0.4) is 0 Å². The molecular weight excluding hydrogens is 433 g/mol. The highest BCUT2D eigenvalue weighted by molar-refractivity contribution is 7.15. The van der Waals surface area contributed by atoms with E-state index in [-0.39, 0.29) is 11.9 Å². The number of aromatic nitrogens is 1. The van der Waals surface area contributed by atoms with E-state index in [1.54, 1.807) is 17.9 Å². The van der Waals surface area contributed by atoms with Crippen LogP contribution in [-0.4, -0.2) is 54.0 Å². The van der Waals surface area contributed by atoms with Gasteiger partial charge in [-0.05, 0) is 39.0 Å². The van der Waals surface area contributed by atoms with Crippen molar-refractivity contribution in [2.45, 2.75) is 26.8 Å². The molecule has 1 aliphatic heterocycles. The van der Waals surface area contributed by atoms with Gasteiger partial charge in [-0.15, -0.1) is 11.3 Å². The number of thiazole rings is 1. The Balaban J connectivity index is 1.49. The smallest absolute Gasteiger partial charge is 0.318 e. The lowest BCUT2D eigenvalue weighted by Gasteiger charge is -2.36. The molecule has 1 fully saturated rings. The molecule has 0 saturated carbocycles. The van der Waals surface area contributed by atoms with Crippen LogP contribution in [-0.2, 0) is 4.79 Å². The first-order valence-corrected chi connectivity index (χ1v) is 10.8. The number of piperazine rings is 1. The van der Waals surface area contributed by atoms with E-state index in [9.17, 15) is 9.59 Å². The maximum absolute atomic E-state index is 12.5. The molecule has 2 aromatic rings. The molecule has 0 unspecified atom stereocenters. The summed E-state index contributed by atoms with van der Waals surface area (Å²) in [5.74, 6) is -0.290. The number of urea groups is 1. The van der Waals surface area contributed by atoms with E-state index in [2.05, 4.69) is 20.5 Å². The highest BCUT2D eigenvalue weighted by atomic mass is 35.5. The molecule has 0 aliphatic carbocycles. The third kappa shape index (κ3) is 5.32. The van der Waals surface area contributed by atoms with Crippen molar-refractivity contribution in [3.8, 4) is 0 Å². The number of aryl methyl sites for hydroxylation is 2. The van der Waals surface area contributed by atoms with Gasteiger partial charge in [-0.2, -0.15) is 0 Å². The summed E-state index contributed by atoms with van der Waals surface area (Å²) in [6.07, 6.45) is 0. The Hall–Kier alpha value is -2.03. The van der Waals surface area contributed by atoms with Crippen LogP contribution in [0.1, 0.15) is 17.5 Å². The van der Waals surface area contributed by atoms with Gasteiger partial charge in [0.25, 0.3) is 0 Å². The fourth-order valence-electron chi connectivity index (χ4n) is 2.93. The maximum atomic E-state index is 12.5. The molecule has 2 N–H and O–H groups in total. The number of carbonyl (C=O) groups is 2. The number of carbonyl (C=O) groups excluding carboxylic acids is 2. The van der Waals surface area contributed by atoms with E-state index in [0.29, 0.717) is 41.4 Å². The average Bonchev–Trinajstić information content (AvgIpc) is 3.01. The highest BCUT2D eigenvalue weighted by Gasteiger charge is 2.24. The van der Waals surface area contributed by atoms with Gasteiger partial charge in [0.1, 0.15) is 6.04 Å². The van der Waals surface area contributed by atoms with E-state index in [1.165, 1.54) is 11.3 Å². The van der Waals surface area contributed by atoms with Crippen molar-refractivity contribution in [1.82, 2.24) is 15.2 Å². The molecule has 0 spiro atoms. The first-order chi connectivity index (χ1) is 13.7. The molecule has 1 aromatic heterocycles. The number of amides is 3. The fraction of sp³-hybridized carbons (Fsp3) is 0.421. The molecule has 29 heavy (non-hydrogen) atoms. The summed E-state index contributed by atoms with van der Waals surface area (Å²) in [4.78, 5) is 34.1. The Morgan fingerprint density at radius 1 is 1.14 bits per heavy atom. The molecule has 1 saturated heterocycles. The molecule has 1 aliphatic rings. The molecule has 3 amide bonds. The lowest BCUT2D eigenvalue weighted by molar-refractivity contribution is -0.117. The first kappa shape index (κ1) is 21.7. The molecule has 2 heterocycles. The Morgan fingerprint density at radius 3 is 2.41 bits per heavy atom. The molecule has 1 aromatic carbocycles. The fourth-order valence-corrected chi connectivity index (χ4v) is 4.04. The normalized spacial score (nSPS) is 15.2. The topological polar surface area (TPSA) is 77.6 Å². The van der Waals surface area contributed by atoms with E-state index in [1.807, 2.05) is 26.0 Å². The van der Waals surface area contributed by atoms with Crippen molar-refractivity contribution in [3.05, 3.63) is 38.8 Å². The zero-order valence-corrected chi connectivity index (χ0v) is 18.8. The second-order valence-electron chi connectivity index (χ2n) is 6.89. The molecule has 10 heteroatoms. The SMILES string of the molecule is Cc1nc(NC(=O)[C@@H](C)NC(=O)N2CCN(c3ccc(Cl)c(Cl)c3)CC2)sc1C. The Bertz CT molecular complexity index is 892. The van der Waals surface area contributed by atoms with Crippen LogP contribution in [0.5, 0.6) is 0 Å². The van der Waals surface area contributed by atoms with Crippen LogP contribution in [0.2, 0.25) is 10.0 Å². The molecular formula is C19H23Cl2N5O2S. The van der Waals surface area contributed by atoms with Gasteiger partial charge < -0.3 is 20.4 Å². The van der Waals surface area contributed by atoms with Crippen molar-refractivity contribution in [1.29, 1.82) is 0 Å². The number of hydrogen-bond donors (Lipinski definition) is 2. The third-order valence-corrected chi connectivity index (χ3v) is 6.55. The molecule has 3 rings (SSSR count). The second-order valence-corrected chi connectivity index (χ2v) is 8.91. The van der Waals surface area contributed by atoms with Gasteiger partial charge in [0, 0.05) is 36.7 Å². The van der Waals surface area contributed by atoms with E-state index < -0.39 is 6.04 Å². The molecule has 0 radical (unpaired) electrons. The van der Waals surface area contributed by atoms with Crippen molar-refractivity contribution in [2.75, 3.05) is 36.4 Å². The minimum Gasteiger partial charge on any atom is -0.368 e. The van der Waals surface area contributed by atoms with E-state index >= 15 is 0 Å². The summed E-state index contributed by atoms with van der Waals surface area (Å²) < 4.78 is 0. The van der Waals surface area contributed by atoms with Gasteiger partial charge in [-0.25, -0.2) is 9.78 Å². The van der Waals surface area contributed by atoms with Crippen LogP contribution in [0.25, 0.3) is 0 Å². The van der Waals surface area contributed by atoms with Crippen LogP contribution >= 0.6 is 34.5 Å². The van der Waals surface area contributed by atoms with Gasteiger partial charge in [-0.1, -0.05) is 23.2 Å². The maximum Gasteiger partial charge on any atom is 0.318 e. The summed E-state index contributed by atoms with van der Waals surface area (Å²) in [7, 11) is 0. The van der Waals surface area contributed by atoms with Gasteiger partial charge in [-0.3, -0.25) is 4.79 Å². The second kappa shape index (κ2) is 9.19. The zero-order chi connectivity index (χ0) is 21.1. The monoisotopic (exact) mass is 455 g/mol. The summed E-state index contributed by atoms with van der Waals surface area (Å²) in [5.41, 5.74) is 1.86. The van der Waals surface area contributed by atoms with Crippen LogP contribution < -0.4 is 15.5 Å². The molecule has 0 bridgehead atoms. The lowest BCUT2D eigenvalue weighted by atomic mass is 10.2. The number of nitrogens with zero attached hydrogens (tertiary/aromatic N) is 3. The minimum atomic E-state index is -0.667. The van der Waals surface area contributed by atoms with Gasteiger partial charge >= 0.3 is 6.03 Å². The van der Waals surface area contributed by atoms with Crippen LogP contribution in [0.15, 0.2) is 18.2 Å². The zero-order valence-electron chi connectivity index (χ0n) is 16.5. The minimum absolute atomic E-state index is 0.257. The van der Waals surface area contributed by atoms with Crippen LogP contribution in [0.4, 0.5) is 15.6 Å². The first-order valence-electron chi connectivity index (χ1n) is 9.25. The number of rotatable bonds is 4. The standard InChI is InChI=1S/C19H23Cl2N5O2S/c1-11-13(3)29-18(22-11)24-17(27)12(2)23-19(28)26-8-6-25(7-9-26)14-4-5-15(20)16(21)10-14/h4-5,10,12H,6-9H2,1-3H3,(H,23,28)(H,22,24,27)/t12-/m1/s1. The number of benzene rings is 1. The van der Waals surface area contributed by atoms with Gasteiger partial charge in [0.15, 0.2) is 5.13 Å². The van der Waals surface area contributed by atoms with E-state index in [0.717, 1.165) is 16.3 Å². The largest absolute Gasteiger partial charge is 0.368 e.